The number of hydrogen-bond acceptors (Lipinski definition) is 0. The van der Waals surface area contributed by atoms with Crippen LogP contribution in [0.5, 0.6) is 0 Å². The summed E-state index contributed by atoms with van der Waals surface area (Å²) in [6, 6.07) is 21.8. The summed E-state index contributed by atoms with van der Waals surface area (Å²) < 4.78 is 0. The van der Waals surface area contributed by atoms with Crippen molar-refractivity contribution in [3.05, 3.63) is 93.0 Å². The lowest BCUT2D eigenvalue weighted by Gasteiger charge is -2.24. The molecule has 0 radical (unpaired) electrons. The Labute approximate surface area is 187 Å². The molecular formula is C28H22Cl2. The van der Waals surface area contributed by atoms with Crippen molar-refractivity contribution >= 4 is 34.0 Å². The minimum Gasteiger partial charge on any atom is -0.0837 e. The molecule has 0 heterocycles. The molecule has 0 nitrogen and oxygen atoms in total. The predicted octanol–water partition coefficient (Wildman–Crippen LogP) is 8.76. The summed E-state index contributed by atoms with van der Waals surface area (Å²) in [7, 11) is 0. The Morgan fingerprint density at radius 2 is 1.10 bits per heavy atom. The normalized spacial score (nSPS) is 16.9. The molecule has 6 rings (SSSR count). The average molecular weight is 429 g/mol. The van der Waals surface area contributed by atoms with Gasteiger partial charge in [-0.3, -0.25) is 0 Å². The molecule has 30 heavy (non-hydrogen) atoms. The fraction of sp³-hybridized carbons (Fsp3) is 0.214. The lowest BCUT2D eigenvalue weighted by atomic mass is 9.79. The molecule has 2 aliphatic carbocycles. The highest BCUT2D eigenvalue weighted by Crippen LogP contribution is 2.58. The first-order chi connectivity index (χ1) is 14.2. The van der Waals surface area contributed by atoms with Crippen molar-refractivity contribution in [1.82, 2.24) is 0 Å². The molecule has 0 saturated heterocycles. The molecule has 0 saturated carbocycles. The monoisotopic (exact) mass is 428 g/mol. The molecule has 0 unspecified atom stereocenters. The number of hydrogen-bond donors (Lipinski definition) is 0. The van der Waals surface area contributed by atoms with Crippen LogP contribution < -0.4 is 0 Å². The van der Waals surface area contributed by atoms with Crippen molar-refractivity contribution in [1.29, 1.82) is 0 Å². The van der Waals surface area contributed by atoms with Gasteiger partial charge in [0.1, 0.15) is 0 Å². The molecule has 0 fully saturated rings. The van der Waals surface area contributed by atoms with Gasteiger partial charge in [0.15, 0.2) is 0 Å². The van der Waals surface area contributed by atoms with E-state index < -0.39 is 0 Å². The summed E-state index contributed by atoms with van der Waals surface area (Å²) in [5.74, 6) is 0. The number of fused-ring (bicyclic) bond motifs is 8. The molecule has 4 aromatic carbocycles. The van der Waals surface area contributed by atoms with Gasteiger partial charge < -0.3 is 0 Å². The molecule has 0 aromatic heterocycles. The predicted molar refractivity (Wildman–Crippen MR) is 129 cm³/mol. The molecule has 0 spiro atoms. The average Bonchev–Trinajstić information content (AvgIpc) is 3.08. The number of halogens is 2. The SMILES string of the molecule is CC1(C)c2cc3c(cc2-c2c(Cl)cccc21)C(C)(C)c1ccc2c(Cl)cccc2c1-3. The minimum atomic E-state index is -0.0836. The maximum absolute atomic E-state index is 6.72. The Morgan fingerprint density at radius 1 is 0.533 bits per heavy atom. The van der Waals surface area contributed by atoms with Crippen LogP contribution in [0.3, 0.4) is 0 Å². The summed E-state index contributed by atoms with van der Waals surface area (Å²) in [4.78, 5) is 0. The highest BCUT2D eigenvalue weighted by Gasteiger charge is 2.42. The van der Waals surface area contributed by atoms with E-state index in [0.717, 1.165) is 15.4 Å². The van der Waals surface area contributed by atoms with Crippen LogP contribution in [0, 0.1) is 0 Å². The van der Waals surface area contributed by atoms with Gasteiger partial charge in [-0.1, -0.05) is 87.3 Å². The molecule has 0 aliphatic heterocycles. The minimum absolute atomic E-state index is 0.0790. The molecule has 0 atom stereocenters. The van der Waals surface area contributed by atoms with Gasteiger partial charge in [-0.15, -0.1) is 0 Å². The zero-order valence-corrected chi connectivity index (χ0v) is 19.0. The first-order valence-corrected chi connectivity index (χ1v) is 11.2. The molecule has 0 N–H and O–H groups in total. The summed E-state index contributed by atoms with van der Waals surface area (Å²) in [6.45, 7) is 9.27. The van der Waals surface area contributed by atoms with E-state index in [9.17, 15) is 0 Å². The van der Waals surface area contributed by atoms with Gasteiger partial charge >= 0.3 is 0 Å². The lowest BCUT2D eigenvalue weighted by Crippen LogP contribution is -2.16. The van der Waals surface area contributed by atoms with Gasteiger partial charge in [0.2, 0.25) is 0 Å². The number of rotatable bonds is 0. The van der Waals surface area contributed by atoms with Crippen LogP contribution in [-0.4, -0.2) is 0 Å². The summed E-state index contributed by atoms with van der Waals surface area (Å²) >= 11 is 13.3. The van der Waals surface area contributed by atoms with Crippen LogP contribution in [0.1, 0.15) is 49.9 Å². The third-order valence-corrected chi connectivity index (χ3v) is 8.06. The standard InChI is InChI=1S/C28H22Cl2/c1-27(2)19-8-6-10-24(30)26(19)18-14-21-17(13-22(18)27)25-16-7-5-9-23(29)15(16)11-12-20(25)28(21,3)4/h5-14H,1-4H3. The van der Waals surface area contributed by atoms with E-state index >= 15 is 0 Å². The smallest absolute Gasteiger partial charge is 0.0487 e. The Balaban J connectivity index is 1.75. The summed E-state index contributed by atoms with van der Waals surface area (Å²) in [5, 5.41) is 4.00. The second-order valence-electron chi connectivity index (χ2n) is 9.68. The first-order valence-electron chi connectivity index (χ1n) is 10.4. The van der Waals surface area contributed by atoms with E-state index in [4.69, 9.17) is 23.2 Å². The van der Waals surface area contributed by atoms with Gasteiger partial charge in [-0.2, -0.15) is 0 Å². The largest absolute Gasteiger partial charge is 0.0837 e. The molecule has 4 aromatic rings. The van der Waals surface area contributed by atoms with Crippen molar-refractivity contribution in [2.45, 2.75) is 38.5 Å². The van der Waals surface area contributed by atoms with E-state index in [1.165, 1.54) is 49.9 Å². The quantitative estimate of drug-likeness (QED) is 0.262. The van der Waals surface area contributed by atoms with Crippen LogP contribution in [0.15, 0.2) is 60.7 Å². The van der Waals surface area contributed by atoms with Gasteiger partial charge in [0, 0.05) is 31.8 Å². The zero-order chi connectivity index (χ0) is 21.0. The van der Waals surface area contributed by atoms with Crippen molar-refractivity contribution in [2.24, 2.45) is 0 Å². The molecule has 2 aliphatic rings. The summed E-state index contributed by atoms with van der Waals surface area (Å²) in [6.07, 6.45) is 0. The fourth-order valence-corrected chi connectivity index (χ4v) is 6.30. The van der Waals surface area contributed by atoms with E-state index in [0.29, 0.717) is 0 Å². The molecule has 0 bridgehead atoms. The molecule has 148 valence electrons. The van der Waals surface area contributed by atoms with Crippen molar-refractivity contribution < 1.29 is 0 Å². The van der Waals surface area contributed by atoms with Crippen molar-refractivity contribution in [3.63, 3.8) is 0 Å². The first kappa shape index (κ1) is 18.5. The van der Waals surface area contributed by atoms with Crippen LogP contribution in [-0.2, 0) is 10.8 Å². The van der Waals surface area contributed by atoms with E-state index in [1.54, 1.807) is 0 Å². The van der Waals surface area contributed by atoms with E-state index in [2.05, 4.69) is 76.2 Å². The third kappa shape index (κ3) is 2.09. The van der Waals surface area contributed by atoms with Crippen molar-refractivity contribution in [3.8, 4) is 22.3 Å². The van der Waals surface area contributed by atoms with E-state index in [-0.39, 0.29) is 10.8 Å². The maximum atomic E-state index is 6.72. The highest BCUT2D eigenvalue weighted by atomic mass is 35.5. The second-order valence-corrected chi connectivity index (χ2v) is 10.5. The summed E-state index contributed by atoms with van der Waals surface area (Å²) in [5.41, 5.74) is 10.4. The number of benzene rings is 4. The van der Waals surface area contributed by atoms with Gasteiger partial charge in [-0.25, -0.2) is 0 Å². The lowest BCUT2D eigenvalue weighted by molar-refractivity contribution is 0.652. The Morgan fingerprint density at radius 3 is 1.80 bits per heavy atom. The van der Waals surface area contributed by atoms with E-state index in [1.807, 2.05) is 12.1 Å². The van der Waals surface area contributed by atoms with Crippen LogP contribution in [0.2, 0.25) is 10.0 Å². The van der Waals surface area contributed by atoms with Gasteiger partial charge in [0.25, 0.3) is 0 Å². The Bertz CT molecular complexity index is 1410. The Hall–Kier alpha value is -2.28. The molecule has 0 amide bonds. The molecule has 2 heteroatoms. The van der Waals surface area contributed by atoms with Crippen LogP contribution in [0.25, 0.3) is 33.0 Å². The van der Waals surface area contributed by atoms with Crippen LogP contribution >= 0.6 is 23.2 Å². The van der Waals surface area contributed by atoms with Crippen LogP contribution in [0.4, 0.5) is 0 Å². The fourth-order valence-electron chi connectivity index (χ4n) is 5.79. The van der Waals surface area contributed by atoms with Gasteiger partial charge in [-0.05, 0) is 68.6 Å². The second kappa shape index (κ2) is 5.69. The molecular weight excluding hydrogens is 407 g/mol. The third-order valence-electron chi connectivity index (χ3n) is 7.41. The zero-order valence-electron chi connectivity index (χ0n) is 17.5. The van der Waals surface area contributed by atoms with Gasteiger partial charge in [0.05, 0.1) is 0 Å². The maximum Gasteiger partial charge on any atom is 0.0487 e. The Kier molecular flexibility index (Phi) is 3.51. The van der Waals surface area contributed by atoms with Crippen molar-refractivity contribution in [2.75, 3.05) is 0 Å². The highest BCUT2D eigenvalue weighted by molar-refractivity contribution is 6.36. The topological polar surface area (TPSA) is 0 Å².